The molecular weight excluding hydrogens is 212 g/mol. The zero-order valence-electron chi connectivity index (χ0n) is 9.58. The predicted molar refractivity (Wildman–Crippen MR) is 70.2 cm³/mol. The maximum Gasteiger partial charge on any atom is 0.126 e. The first-order valence-electron chi connectivity index (χ1n) is 5.59. The molecular formula is C14H14OSi. The summed E-state index contributed by atoms with van der Waals surface area (Å²) in [6, 6.07) is 13.0. The lowest BCUT2D eigenvalue weighted by atomic mass is 10.2. The standard InChI is InChI=1S/C14H14OSi/c1-9-3-5-11-13(7-9)16-14-8-10(2)4-6-12(14)15-11/h3-8H,16H2,1-2H3. The summed E-state index contributed by atoms with van der Waals surface area (Å²) in [7, 11) is -0.363. The molecule has 0 radical (unpaired) electrons. The van der Waals surface area contributed by atoms with Gasteiger partial charge in [0.1, 0.15) is 11.5 Å². The van der Waals surface area contributed by atoms with E-state index in [9.17, 15) is 0 Å². The molecule has 16 heavy (non-hydrogen) atoms. The average molecular weight is 226 g/mol. The van der Waals surface area contributed by atoms with E-state index in [1.807, 2.05) is 0 Å². The number of hydrogen-bond acceptors (Lipinski definition) is 1. The Morgan fingerprint density at radius 3 is 1.81 bits per heavy atom. The van der Waals surface area contributed by atoms with Crippen molar-refractivity contribution in [2.75, 3.05) is 0 Å². The van der Waals surface area contributed by atoms with Crippen LogP contribution in [0.25, 0.3) is 0 Å². The number of ether oxygens (including phenoxy) is 1. The van der Waals surface area contributed by atoms with Gasteiger partial charge in [0.25, 0.3) is 0 Å². The van der Waals surface area contributed by atoms with Crippen LogP contribution in [-0.2, 0) is 0 Å². The van der Waals surface area contributed by atoms with Crippen LogP contribution in [0.15, 0.2) is 36.4 Å². The summed E-state index contributed by atoms with van der Waals surface area (Å²) in [4.78, 5) is 0. The summed E-state index contributed by atoms with van der Waals surface area (Å²) >= 11 is 0. The maximum atomic E-state index is 5.92. The van der Waals surface area contributed by atoms with Gasteiger partial charge in [0.2, 0.25) is 0 Å². The topological polar surface area (TPSA) is 9.23 Å². The monoisotopic (exact) mass is 226 g/mol. The quantitative estimate of drug-likeness (QED) is 0.528. The first-order valence-corrected chi connectivity index (χ1v) is 7.01. The minimum absolute atomic E-state index is 0.363. The van der Waals surface area contributed by atoms with E-state index >= 15 is 0 Å². The first kappa shape index (κ1) is 9.67. The van der Waals surface area contributed by atoms with Gasteiger partial charge in [-0.25, -0.2) is 0 Å². The molecule has 0 saturated heterocycles. The zero-order chi connectivity index (χ0) is 11.1. The van der Waals surface area contributed by atoms with E-state index in [4.69, 9.17) is 4.74 Å². The van der Waals surface area contributed by atoms with E-state index in [0.717, 1.165) is 11.5 Å². The van der Waals surface area contributed by atoms with Gasteiger partial charge in [0.05, 0.1) is 9.52 Å². The van der Waals surface area contributed by atoms with Crippen LogP contribution >= 0.6 is 0 Å². The minimum atomic E-state index is -0.363. The van der Waals surface area contributed by atoms with E-state index in [-0.39, 0.29) is 9.52 Å². The van der Waals surface area contributed by atoms with Crippen LogP contribution in [-0.4, -0.2) is 9.52 Å². The lowest BCUT2D eigenvalue weighted by Gasteiger charge is -2.20. The highest BCUT2D eigenvalue weighted by atomic mass is 28.2. The molecule has 1 aliphatic heterocycles. The molecule has 1 aliphatic rings. The van der Waals surface area contributed by atoms with Crippen molar-refractivity contribution in [1.82, 2.24) is 0 Å². The van der Waals surface area contributed by atoms with Crippen LogP contribution in [0.2, 0.25) is 0 Å². The molecule has 0 atom stereocenters. The second-order valence-electron chi connectivity index (χ2n) is 4.50. The van der Waals surface area contributed by atoms with Gasteiger partial charge >= 0.3 is 0 Å². The van der Waals surface area contributed by atoms with E-state index in [0.29, 0.717) is 0 Å². The van der Waals surface area contributed by atoms with Crippen molar-refractivity contribution in [2.24, 2.45) is 0 Å². The van der Waals surface area contributed by atoms with Gasteiger partial charge in [-0.2, -0.15) is 0 Å². The molecule has 0 unspecified atom stereocenters. The molecule has 0 saturated carbocycles. The van der Waals surface area contributed by atoms with E-state index in [2.05, 4.69) is 50.2 Å². The Morgan fingerprint density at radius 2 is 1.31 bits per heavy atom. The highest BCUT2D eigenvalue weighted by Crippen LogP contribution is 2.22. The van der Waals surface area contributed by atoms with E-state index in [1.165, 1.54) is 21.5 Å². The average Bonchev–Trinajstić information content (AvgIpc) is 2.26. The Labute approximate surface area is 97.9 Å². The Morgan fingerprint density at radius 1 is 0.812 bits per heavy atom. The summed E-state index contributed by atoms with van der Waals surface area (Å²) < 4.78 is 5.92. The van der Waals surface area contributed by atoms with Crippen LogP contribution in [0.4, 0.5) is 0 Å². The summed E-state index contributed by atoms with van der Waals surface area (Å²) in [5.41, 5.74) is 2.65. The molecule has 1 heterocycles. The SMILES string of the molecule is Cc1ccc2c(c1)[SiH2]c1cc(C)ccc1O2. The fourth-order valence-electron chi connectivity index (χ4n) is 2.22. The molecule has 0 spiro atoms. The van der Waals surface area contributed by atoms with Gasteiger partial charge in [0, 0.05) is 0 Å². The minimum Gasteiger partial charge on any atom is -0.458 e. The van der Waals surface area contributed by atoms with Gasteiger partial charge in [-0.05, 0) is 36.4 Å². The van der Waals surface area contributed by atoms with Crippen molar-refractivity contribution in [1.29, 1.82) is 0 Å². The fourth-order valence-corrected chi connectivity index (χ4v) is 4.20. The number of rotatable bonds is 0. The van der Waals surface area contributed by atoms with Gasteiger partial charge in [-0.15, -0.1) is 0 Å². The zero-order valence-corrected chi connectivity index (χ0v) is 11.0. The fraction of sp³-hybridized carbons (Fsp3) is 0.143. The lowest BCUT2D eigenvalue weighted by molar-refractivity contribution is 0.487. The van der Waals surface area contributed by atoms with Gasteiger partial charge in [-0.3, -0.25) is 0 Å². The van der Waals surface area contributed by atoms with Gasteiger partial charge in [0.15, 0.2) is 0 Å². The second-order valence-corrected chi connectivity index (χ2v) is 6.38. The smallest absolute Gasteiger partial charge is 0.126 e. The normalized spacial score (nSPS) is 12.6. The van der Waals surface area contributed by atoms with Crippen LogP contribution in [0.5, 0.6) is 11.5 Å². The van der Waals surface area contributed by atoms with Crippen LogP contribution < -0.4 is 15.1 Å². The van der Waals surface area contributed by atoms with Crippen molar-refractivity contribution < 1.29 is 4.74 Å². The Bertz CT molecular complexity index is 511. The number of fused-ring (bicyclic) bond motifs is 2. The number of hydrogen-bond donors (Lipinski definition) is 0. The van der Waals surface area contributed by atoms with Gasteiger partial charge in [-0.1, -0.05) is 35.4 Å². The maximum absolute atomic E-state index is 5.92. The van der Waals surface area contributed by atoms with Crippen molar-refractivity contribution in [3.63, 3.8) is 0 Å². The predicted octanol–water partition coefficient (Wildman–Crippen LogP) is 1.53. The second kappa shape index (κ2) is 3.49. The molecule has 2 aromatic carbocycles. The largest absolute Gasteiger partial charge is 0.458 e. The third kappa shape index (κ3) is 1.55. The molecule has 0 N–H and O–H groups in total. The highest BCUT2D eigenvalue weighted by Gasteiger charge is 2.16. The van der Waals surface area contributed by atoms with E-state index in [1.54, 1.807) is 0 Å². The number of benzene rings is 2. The molecule has 3 rings (SSSR count). The third-order valence-corrected chi connectivity index (χ3v) is 4.90. The van der Waals surface area contributed by atoms with Crippen molar-refractivity contribution >= 4 is 19.9 Å². The summed E-state index contributed by atoms with van der Waals surface area (Å²) in [5, 5.41) is 2.86. The molecule has 1 nitrogen and oxygen atoms in total. The summed E-state index contributed by atoms with van der Waals surface area (Å²) in [5.74, 6) is 2.13. The van der Waals surface area contributed by atoms with Crippen molar-refractivity contribution in [3.05, 3.63) is 47.5 Å². The summed E-state index contributed by atoms with van der Waals surface area (Å²) in [6.45, 7) is 4.28. The van der Waals surface area contributed by atoms with Crippen molar-refractivity contribution in [2.45, 2.75) is 13.8 Å². The lowest BCUT2D eigenvalue weighted by Crippen LogP contribution is -2.34. The third-order valence-electron chi connectivity index (χ3n) is 3.03. The summed E-state index contributed by atoms with van der Waals surface area (Å²) in [6.07, 6.45) is 0. The first-order chi connectivity index (χ1) is 7.72. The molecule has 0 fully saturated rings. The Hall–Kier alpha value is -1.54. The Balaban J connectivity index is 2.10. The molecule has 0 amide bonds. The van der Waals surface area contributed by atoms with Crippen LogP contribution in [0, 0.1) is 13.8 Å². The molecule has 0 bridgehead atoms. The van der Waals surface area contributed by atoms with E-state index < -0.39 is 0 Å². The van der Waals surface area contributed by atoms with Crippen LogP contribution in [0.3, 0.4) is 0 Å². The molecule has 0 aromatic heterocycles. The molecule has 80 valence electrons. The van der Waals surface area contributed by atoms with Gasteiger partial charge < -0.3 is 4.74 Å². The van der Waals surface area contributed by atoms with Crippen LogP contribution in [0.1, 0.15) is 11.1 Å². The highest BCUT2D eigenvalue weighted by molar-refractivity contribution is 6.69. The van der Waals surface area contributed by atoms with Crippen molar-refractivity contribution in [3.8, 4) is 11.5 Å². The molecule has 2 aromatic rings. The molecule has 2 heteroatoms. The number of aryl methyl sites for hydroxylation is 2. The molecule has 0 aliphatic carbocycles. The Kier molecular flexibility index (Phi) is 2.11.